The van der Waals surface area contributed by atoms with Crippen LogP contribution < -0.4 is 0 Å². The van der Waals surface area contributed by atoms with Crippen molar-refractivity contribution in [1.29, 1.82) is 0 Å². The Bertz CT molecular complexity index is 669. The minimum atomic E-state index is 0.683. The fraction of sp³-hybridized carbons (Fsp3) is 0.167. The Morgan fingerprint density at radius 2 is 2.29 bits per heavy atom. The smallest absolute Gasteiger partial charge is 0.123 e. The Morgan fingerprint density at radius 1 is 1.41 bits per heavy atom. The van der Waals surface area contributed by atoms with Crippen LogP contribution in [-0.2, 0) is 12.8 Å². The molecule has 3 nitrogen and oxygen atoms in total. The van der Waals surface area contributed by atoms with Crippen molar-refractivity contribution in [2.24, 2.45) is 7.05 Å². The van der Waals surface area contributed by atoms with Crippen LogP contribution in [0.25, 0.3) is 21.6 Å². The summed E-state index contributed by atoms with van der Waals surface area (Å²) >= 11 is 5.87. The molecule has 0 unspecified atom stereocenters. The van der Waals surface area contributed by atoms with E-state index in [0.717, 1.165) is 27.3 Å². The fourth-order valence-corrected chi connectivity index (χ4v) is 2.88. The maximum absolute atomic E-state index is 4.52. The first-order valence-corrected chi connectivity index (χ1v) is 6.76. The highest BCUT2D eigenvalue weighted by molar-refractivity contribution is 7.79. The van der Waals surface area contributed by atoms with Crippen LogP contribution in [0.5, 0.6) is 0 Å². The first-order valence-electron chi connectivity index (χ1n) is 5.24. The summed E-state index contributed by atoms with van der Waals surface area (Å²) in [5.74, 6) is 0.683. The van der Waals surface area contributed by atoms with Crippen LogP contribution >= 0.6 is 24.0 Å². The quantitative estimate of drug-likeness (QED) is 0.718. The Kier molecular flexibility index (Phi) is 2.64. The van der Waals surface area contributed by atoms with Gasteiger partial charge in [-0.3, -0.25) is 0 Å². The summed E-state index contributed by atoms with van der Waals surface area (Å²) in [5, 5.41) is 3.08. The lowest BCUT2D eigenvalue weighted by Gasteiger charge is -1.97. The van der Waals surface area contributed by atoms with Crippen LogP contribution in [0.3, 0.4) is 0 Å². The summed E-state index contributed by atoms with van der Waals surface area (Å²) in [6.07, 6.45) is 1.83. The summed E-state index contributed by atoms with van der Waals surface area (Å²) in [7, 11) is 2.00. The minimum Gasteiger partial charge on any atom is -0.334 e. The van der Waals surface area contributed by atoms with Crippen molar-refractivity contribution in [3.05, 3.63) is 35.6 Å². The number of aromatic nitrogens is 3. The average Bonchev–Trinajstić information content (AvgIpc) is 2.96. The normalized spacial score (nSPS) is 11.2. The summed E-state index contributed by atoms with van der Waals surface area (Å²) in [4.78, 5) is 8.88. The van der Waals surface area contributed by atoms with Crippen LogP contribution in [0.2, 0.25) is 0 Å². The van der Waals surface area contributed by atoms with E-state index in [1.807, 2.05) is 23.3 Å². The molecule has 0 aliphatic rings. The Morgan fingerprint density at radius 3 is 3.06 bits per heavy atom. The lowest BCUT2D eigenvalue weighted by molar-refractivity contribution is 0.948. The maximum atomic E-state index is 4.52. The third-order valence-corrected chi connectivity index (χ3v) is 3.95. The van der Waals surface area contributed by atoms with E-state index in [9.17, 15) is 0 Å². The molecule has 0 aliphatic carbocycles. The topological polar surface area (TPSA) is 30.7 Å². The molecule has 0 aliphatic heterocycles. The van der Waals surface area contributed by atoms with Gasteiger partial charge in [-0.2, -0.15) is 12.6 Å². The van der Waals surface area contributed by atoms with Crippen molar-refractivity contribution in [1.82, 2.24) is 14.5 Å². The zero-order valence-electron chi connectivity index (χ0n) is 9.29. The molecule has 0 radical (unpaired) electrons. The van der Waals surface area contributed by atoms with E-state index in [0.29, 0.717) is 5.75 Å². The molecule has 2 heterocycles. The first kappa shape index (κ1) is 10.8. The second-order valence-electron chi connectivity index (χ2n) is 3.86. The van der Waals surface area contributed by atoms with Crippen molar-refractivity contribution in [2.45, 2.75) is 5.75 Å². The molecule has 2 aromatic heterocycles. The van der Waals surface area contributed by atoms with Crippen molar-refractivity contribution in [3.63, 3.8) is 0 Å². The van der Waals surface area contributed by atoms with Crippen molar-refractivity contribution >= 4 is 35.0 Å². The van der Waals surface area contributed by atoms with E-state index in [2.05, 4.69) is 40.8 Å². The zero-order chi connectivity index (χ0) is 11.8. The van der Waals surface area contributed by atoms with Crippen LogP contribution in [0.4, 0.5) is 0 Å². The molecule has 0 atom stereocenters. The SMILES string of the molecule is Cn1cnc2cc(-c3nc(CS)cs3)ccc21. The molecule has 0 fully saturated rings. The van der Waals surface area contributed by atoms with Crippen molar-refractivity contribution < 1.29 is 0 Å². The van der Waals surface area contributed by atoms with Crippen molar-refractivity contribution in [2.75, 3.05) is 0 Å². The van der Waals surface area contributed by atoms with Gasteiger partial charge in [0.1, 0.15) is 5.01 Å². The zero-order valence-corrected chi connectivity index (χ0v) is 11.0. The van der Waals surface area contributed by atoms with Crippen molar-refractivity contribution in [3.8, 4) is 10.6 Å². The number of thiol groups is 1. The number of nitrogens with zero attached hydrogens (tertiary/aromatic N) is 3. The highest BCUT2D eigenvalue weighted by Gasteiger charge is 2.06. The Hall–Kier alpha value is -1.33. The molecular formula is C12H11N3S2. The average molecular weight is 261 g/mol. The van der Waals surface area contributed by atoms with Gasteiger partial charge in [0.05, 0.1) is 23.1 Å². The highest BCUT2D eigenvalue weighted by Crippen LogP contribution is 2.26. The van der Waals surface area contributed by atoms with Gasteiger partial charge in [0, 0.05) is 23.7 Å². The minimum absolute atomic E-state index is 0.683. The molecule has 1 aromatic carbocycles. The van der Waals surface area contributed by atoms with Gasteiger partial charge >= 0.3 is 0 Å². The molecule has 0 N–H and O–H groups in total. The first-order chi connectivity index (χ1) is 8.28. The number of hydrogen-bond acceptors (Lipinski definition) is 4. The molecule has 0 amide bonds. The summed E-state index contributed by atoms with van der Waals surface area (Å²) < 4.78 is 2.01. The van der Waals surface area contributed by atoms with Gasteiger partial charge < -0.3 is 4.57 Å². The molecule has 3 aromatic rings. The molecule has 0 saturated heterocycles. The van der Waals surface area contributed by atoms with E-state index in [4.69, 9.17) is 0 Å². The molecular weight excluding hydrogens is 250 g/mol. The number of rotatable bonds is 2. The molecule has 86 valence electrons. The number of aryl methyl sites for hydroxylation is 1. The molecule has 17 heavy (non-hydrogen) atoms. The third kappa shape index (κ3) is 1.85. The van der Waals surface area contributed by atoms with Crippen LogP contribution in [0, 0.1) is 0 Å². The third-order valence-electron chi connectivity index (χ3n) is 2.69. The largest absolute Gasteiger partial charge is 0.334 e. The number of benzene rings is 1. The number of thiazole rings is 1. The summed E-state index contributed by atoms with van der Waals surface area (Å²) in [6.45, 7) is 0. The molecule has 0 bridgehead atoms. The predicted molar refractivity (Wildman–Crippen MR) is 74.5 cm³/mol. The molecule has 0 spiro atoms. The van der Waals surface area contributed by atoms with Gasteiger partial charge in [0.25, 0.3) is 0 Å². The van der Waals surface area contributed by atoms with E-state index in [1.165, 1.54) is 0 Å². The van der Waals surface area contributed by atoms with E-state index >= 15 is 0 Å². The Labute approximate surface area is 109 Å². The number of imidazole rings is 1. The van der Waals surface area contributed by atoms with Gasteiger partial charge in [0.15, 0.2) is 0 Å². The van der Waals surface area contributed by atoms with Crippen LogP contribution in [0.1, 0.15) is 5.69 Å². The standard InChI is InChI=1S/C12H11N3S2/c1-15-7-13-10-4-8(2-3-11(10)15)12-14-9(5-16)6-17-12/h2-4,6-7,16H,5H2,1H3. The molecule has 5 heteroatoms. The summed E-state index contributed by atoms with van der Waals surface area (Å²) in [5.41, 5.74) is 4.29. The lowest BCUT2D eigenvalue weighted by atomic mass is 10.2. The predicted octanol–water partition coefficient (Wildman–Crippen LogP) is 3.13. The fourth-order valence-electron chi connectivity index (χ4n) is 1.78. The van der Waals surface area contributed by atoms with Crippen LogP contribution in [-0.4, -0.2) is 14.5 Å². The number of hydrogen-bond donors (Lipinski definition) is 1. The van der Waals surface area contributed by atoms with Gasteiger partial charge in [-0.1, -0.05) is 0 Å². The maximum Gasteiger partial charge on any atom is 0.123 e. The number of fused-ring (bicyclic) bond motifs is 1. The van der Waals surface area contributed by atoms with Gasteiger partial charge in [-0.05, 0) is 18.2 Å². The van der Waals surface area contributed by atoms with Gasteiger partial charge in [-0.15, -0.1) is 11.3 Å². The van der Waals surface area contributed by atoms with E-state index < -0.39 is 0 Å². The lowest BCUT2D eigenvalue weighted by Crippen LogP contribution is -1.84. The second kappa shape index (κ2) is 4.16. The van der Waals surface area contributed by atoms with E-state index in [1.54, 1.807) is 11.3 Å². The molecule has 0 saturated carbocycles. The monoisotopic (exact) mass is 261 g/mol. The van der Waals surface area contributed by atoms with E-state index in [-0.39, 0.29) is 0 Å². The molecule has 3 rings (SSSR count). The van der Waals surface area contributed by atoms with Gasteiger partial charge in [-0.25, -0.2) is 9.97 Å². The Balaban J connectivity index is 2.11. The van der Waals surface area contributed by atoms with Gasteiger partial charge in [0.2, 0.25) is 0 Å². The van der Waals surface area contributed by atoms with Crippen LogP contribution in [0.15, 0.2) is 29.9 Å². The summed E-state index contributed by atoms with van der Waals surface area (Å²) in [6, 6.07) is 6.25. The highest BCUT2D eigenvalue weighted by atomic mass is 32.1. The second-order valence-corrected chi connectivity index (χ2v) is 5.04.